The molecule has 0 spiro atoms. The molecule has 20 heavy (non-hydrogen) atoms. The van der Waals surface area contributed by atoms with Crippen LogP contribution in [0.5, 0.6) is 0 Å². The molecule has 0 amide bonds. The minimum absolute atomic E-state index is 0.0000294. The number of oxime groups is 1. The predicted octanol–water partition coefficient (Wildman–Crippen LogP) is 3.51. The van der Waals surface area contributed by atoms with Gasteiger partial charge in [0.05, 0.1) is 6.21 Å². The molecule has 0 radical (unpaired) electrons. The van der Waals surface area contributed by atoms with E-state index in [0.717, 1.165) is 5.56 Å². The van der Waals surface area contributed by atoms with Crippen LogP contribution in [0, 0.1) is 5.82 Å². The SMILES string of the molecule is O=C(OCc1ccc(F)cc1)O/N=C/c1ccccc1. The van der Waals surface area contributed by atoms with Gasteiger partial charge in [0.2, 0.25) is 0 Å². The number of ether oxygens (including phenoxy) is 1. The molecule has 0 heterocycles. The lowest BCUT2D eigenvalue weighted by molar-refractivity contribution is 0.0524. The first-order chi connectivity index (χ1) is 9.74. The van der Waals surface area contributed by atoms with Gasteiger partial charge in [-0.05, 0) is 23.3 Å². The third-order valence-electron chi connectivity index (χ3n) is 2.40. The lowest BCUT2D eigenvalue weighted by Crippen LogP contribution is -2.04. The highest BCUT2D eigenvalue weighted by Crippen LogP contribution is 2.05. The summed E-state index contributed by atoms with van der Waals surface area (Å²) in [5, 5.41) is 3.51. The average molecular weight is 273 g/mol. The van der Waals surface area contributed by atoms with E-state index in [9.17, 15) is 9.18 Å². The summed E-state index contributed by atoms with van der Waals surface area (Å²) in [6.07, 6.45) is 0.487. The van der Waals surface area contributed by atoms with Crippen molar-refractivity contribution < 1.29 is 18.8 Å². The quantitative estimate of drug-likeness (QED) is 0.370. The Bertz CT molecular complexity index is 582. The van der Waals surface area contributed by atoms with Crippen LogP contribution < -0.4 is 0 Å². The van der Waals surface area contributed by atoms with Crippen molar-refractivity contribution in [3.63, 3.8) is 0 Å². The van der Waals surface area contributed by atoms with Crippen molar-refractivity contribution in [2.75, 3.05) is 0 Å². The fourth-order valence-corrected chi connectivity index (χ4v) is 1.42. The first kappa shape index (κ1) is 13.7. The number of nitrogens with zero attached hydrogens (tertiary/aromatic N) is 1. The van der Waals surface area contributed by atoms with Crippen LogP contribution in [-0.2, 0) is 16.2 Å². The molecular formula is C15H12FNO3. The van der Waals surface area contributed by atoms with Gasteiger partial charge in [0.25, 0.3) is 0 Å². The fraction of sp³-hybridized carbons (Fsp3) is 0.0667. The van der Waals surface area contributed by atoms with Crippen molar-refractivity contribution in [3.8, 4) is 0 Å². The molecule has 0 atom stereocenters. The van der Waals surface area contributed by atoms with Crippen LogP contribution in [0.3, 0.4) is 0 Å². The van der Waals surface area contributed by atoms with Gasteiger partial charge in [0.15, 0.2) is 0 Å². The first-order valence-electron chi connectivity index (χ1n) is 5.91. The molecule has 0 unspecified atom stereocenters. The summed E-state index contributed by atoms with van der Waals surface area (Å²) < 4.78 is 17.5. The molecule has 2 aromatic rings. The Morgan fingerprint density at radius 1 is 1.10 bits per heavy atom. The zero-order valence-corrected chi connectivity index (χ0v) is 10.5. The minimum Gasteiger partial charge on any atom is -0.428 e. The molecule has 0 saturated heterocycles. The van der Waals surface area contributed by atoms with E-state index < -0.39 is 6.16 Å². The molecule has 0 aromatic heterocycles. The van der Waals surface area contributed by atoms with Crippen LogP contribution in [0.25, 0.3) is 0 Å². The van der Waals surface area contributed by atoms with Crippen molar-refractivity contribution in [3.05, 3.63) is 71.5 Å². The number of hydrogen-bond acceptors (Lipinski definition) is 4. The van der Waals surface area contributed by atoms with E-state index in [1.165, 1.54) is 30.5 Å². The normalized spacial score (nSPS) is 10.4. The second-order valence-corrected chi connectivity index (χ2v) is 3.90. The Morgan fingerprint density at radius 3 is 2.50 bits per heavy atom. The maximum atomic E-state index is 12.7. The number of benzene rings is 2. The van der Waals surface area contributed by atoms with E-state index in [2.05, 4.69) is 9.99 Å². The predicted molar refractivity (Wildman–Crippen MR) is 71.7 cm³/mol. The Balaban J connectivity index is 1.76. The van der Waals surface area contributed by atoms with Crippen molar-refractivity contribution in [1.29, 1.82) is 0 Å². The Labute approximate surface area is 115 Å². The molecule has 0 aliphatic heterocycles. The number of hydrogen-bond donors (Lipinski definition) is 0. The van der Waals surface area contributed by atoms with E-state index in [1.807, 2.05) is 30.3 Å². The van der Waals surface area contributed by atoms with Gasteiger partial charge in [-0.1, -0.05) is 47.6 Å². The first-order valence-corrected chi connectivity index (χ1v) is 5.91. The topological polar surface area (TPSA) is 47.9 Å². The lowest BCUT2D eigenvalue weighted by atomic mass is 10.2. The molecule has 0 bridgehead atoms. The zero-order valence-electron chi connectivity index (χ0n) is 10.5. The molecule has 0 fully saturated rings. The lowest BCUT2D eigenvalue weighted by Gasteiger charge is -2.02. The monoisotopic (exact) mass is 273 g/mol. The van der Waals surface area contributed by atoms with E-state index >= 15 is 0 Å². The molecule has 2 rings (SSSR count). The molecule has 0 saturated carbocycles. The molecular weight excluding hydrogens is 261 g/mol. The van der Waals surface area contributed by atoms with Gasteiger partial charge in [-0.15, -0.1) is 0 Å². The molecule has 0 aliphatic rings. The highest BCUT2D eigenvalue weighted by Gasteiger charge is 2.03. The fourth-order valence-electron chi connectivity index (χ4n) is 1.42. The summed E-state index contributed by atoms with van der Waals surface area (Å²) in [6, 6.07) is 14.8. The zero-order chi connectivity index (χ0) is 14.2. The van der Waals surface area contributed by atoms with E-state index in [0.29, 0.717) is 5.56 Å². The average Bonchev–Trinajstić information content (AvgIpc) is 2.48. The van der Waals surface area contributed by atoms with Crippen molar-refractivity contribution >= 4 is 12.4 Å². The third kappa shape index (κ3) is 4.53. The van der Waals surface area contributed by atoms with Gasteiger partial charge in [0, 0.05) is 0 Å². The van der Waals surface area contributed by atoms with Crippen LogP contribution in [0.1, 0.15) is 11.1 Å². The van der Waals surface area contributed by atoms with Crippen LogP contribution in [-0.4, -0.2) is 12.4 Å². The smallest absolute Gasteiger partial charge is 0.428 e. The second-order valence-electron chi connectivity index (χ2n) is 3.90. The van der Waals surface area contributed by atoms with Gasteiger partial charge >= 0.3 is 6.16 Å². The Hall–Kier alpha value is -2.69. The molecule has 102 valence electrons. The minimum atomic E-state index is -0.915. The molecule has 5 heteroatoms. The highest BCUT2D eigenvalue weighted by atomic mass is 19.1. The highest BCUT2D eigenvalue weighted by molar-refractivity contribution is 5.79. The summed E-state index contributed by atoms with van der Waals surface area (Å²) in [6.45, 7) is -0.0000294. The van der Waals surface area contributed by atoms with Crippen molar-refractivity contribution in [2.24, 2.45) is 5.16 Å². The Kier molecular flexibility index (Phi) is 4.83. The summed E-state index contributed by atoms with van der Waals surface area (Å²) >= 11 is 0. The molecule has 2 aromatic carbocycles. The summed E-state index contributed by atoms with van der Waals surface area (Å²) in [5.74, 6) is -0.344. The number of rotatable bonds is 4. The molecule has 0 N–H and O–H groups in total. The van der Waals surface area contributed by atoms with Gasteiger partial charge in [-0.3, -0.25) is 4.84 Å². The van der Waals surface area contributed by atoms with Crippen molar-refractivity contribution in [2.45, 2.75) is 6.61 Å². The molecule has 0 aliphatic carbocycles. The second kappa shape index (κ2) is 7.04. The number of carbonyl (C=O) groups is 1. The van der Waals surface area contributed by atoms with E-state index in [-0.39, 0.29) is 12.4 Å². The van der Waals surface area contributed by atoms with E-state index in [4.69, 9.17) is 4.74 Å². The molecule has 4 nitrogen and oxygen atoms in total. The standard InChI is InChI=1S/C15H12FNO3/c16-14-8-6-13(7-9-14)11-19-15(18)20-17-10-12-4-2-1-3-5-12/h1-10H,11H2/b17-10+. The third-order valence-corrected chi connectivity index (χ3v) is 2.40. The maximum absolute atomic E-state index is 12.7. The maximum Gasteiger partial charge on any atom is 0.535 e. The van der Waals surface area contributed by atoms with Crippen LogP contribution in [0.15, 0.2) is 59.8 Å². The summed E-state index contributed by atoms with van der Waals surface area (Å²) in [4.78, 5) is 15.8. The van der Waals surface area contributed by atoms with Gasteiger partial charge in [-0.2, -0.15) is 0 Å². The van der Waals surface area contributed by atoms with Crippen LogP contribution in [0.4, 0.5) is 9.18 Å². The number of halogens is 1. The van der Waals surface area contributed by atoms with Gasteiger partial charge in [-0.25, -0.2) is 9.18 Å². The Morgan fingerprint density at radius 2 is 1.80 bits per heavy atom. The van der Waals surface area contributed by atoms with Gasteiger partial charge < -0.3 is 4.74 Å². The summed E-state index contributed by atoms with van der Waals surface area (Å²) in [5.41, 5.74) is 1.47. The van der Waals surface area contributed by atoms with Crippen LogP contribution in [0.2, 0.25) is 0 Å². The van der Waals surface area contributed by atoms with Crippen LogP contribution >= 0.6 is 0 Å². The van der Waals surface area contributed by atoms with Crippen molar-refractivity contribution in [1.82, 2.24) is 0 Å². The summed E-state index contributed by atoms with van der Waals surface area (Å²) in [7, 11) is 0. The number of carbonyl (C=O) groups excluding carboxylic acids is 1. The van der Waals surface area contributed by atoms with Gasteiger partial charge in [0.1, 0.15) is 12.4 Å². The van der Waals surface area contributed by atoms with E-state index in [1.54, 1.807) is 0 Å². The largest absolute Gasteiger partial charge is 0.535 e.